The summed E-state index contributed by atoms with van der Waals surface area (Å²) in [7, 11) is 0. The first-order chi connectivity index (χ1) is 12.0. The molecule has 0 aliphatic carbocycles. The van der Waals surface area contributed by atoms with Crippen LogP contribution < -0.4 is 0 Å². The van der Waals surface area contributed by atoms with Crippen LogP contribution in [0.25, 0.3) is 0 Å². The number of rotatable bonds is 6. The average molecular weight is 345 g/mol. The number of hydrogen-bond acceptors (Lipinski definition) is 3. The Hall–Kier alpha value is -2.70. The Morgan fingerprint density at radius 1 is 1.40 bits per heavy atom. The molecule has 1 aliphatic rings. The van der Waals surface area contributed by atoms with Crippen molar-refractivity contribution in [1.82, 2.24) is 14.5 Å². The van der Waals surface area contributed by atoms with Gasteiger partial charge in [-0.1, -0.05) is 6.07 Å². The molecule has 3 rings (SSSR count). The number of imidazole rings is 1. The van der Waals surface area contributed by atoms with Crippen molar-refractivity contribution < 1.29 is 19.1 Å². The van der Waals surface area contributed by atoms with Crippen LogP contribution >= 0.6 is 0 Å². The van der Waals surface area contributed by atoms with E-state index in [-0.39, 0.29) is 18.1 Å². The summed E-state index contributed by atoms with van der Waals surface area (Å²) >= 11 is 0. The van der Waals surface area contributed by atoms with Gasteiger partial charge in [0.1, 0.15) is 5.82 Å². The fourth-order valence-electron chi connectivity index (χ4n) is 3.47. The minimum atomic E-state index is -1.00. The molecule has 1 saturated heterocycles. The Labute approximate surface area is 144 Å². The van der Waals surface area contributed by atoms with Crippen LogP contribution in [0.5, 0.6) is 0 Å². The summed E-state index contributed by atoms with van der Waals surface area (Å²) in [5.41, 5.74) is 1.35. The molecule has 0 radical (unpaired) electrons. The molecule has 1 fully saturated rings. The van der Waals surface area contributed by atoms with Crippen molar-refractivity contribution in [2.24, 2.45) is 5.92 Å². The third-order valence-corrected chi connectivity index (χ3v) is 4.67. The van der Waals surface area contributed by atoms with Crippen molar-refractivity contribution in [2.75, 3.05) is 6.54 Å². The van der Waals surface area contributed by atoms with Gasteiger partial charge in [-0.05, 0) is 36.6 Å². The van der Waals surface area contributed by atoms with Crippen LogP contribution in [0.2, 0.25) is 0 Å². The molecule has 1 aliphatic heterocycles. The zero-order chi connectivity index (χ0) is 18.0. The Kier molecular flexibility index (Phi) is 4.83. The first-order valence-corrected chi connectivity index (χ1v) is 8.21. The molecule has 1 aromatic carbocycles. The number of benzene rings is 1. The summed E-state index contributed by atoms with van der Waals surface area (Å²) in [6, 6.07) is 3.72. The van der Waals surface area contributed by atoms with E-state index >= 15 is 0 Å². The summed E-state index contributed by atoms with van der Waals surface area (Å²) in [6.45, 7) is 2.88. The minimum absolute atomic E-state index is 0.0259. The molecule has 2 heterocycles. The van der Waals surface area contributed by atoms with E-state index in [4.69, 9.17) is 0 Å². The van der Waals surface area contributed by atoms with E-state index in [1.54, 1.807) is 30.4 Å². The van der Waals surface area contributed by atoms with Gasteiger partial charge < -0.3 is 14.6 Å². The molecular weight excluding hydrogens is 325 g/mol. The van der Waals surface area contributed by atoms with Crippen molar-refractivity contribution >= 4 is 11.9 Å². The van der Waals surface area contributed by atoms with Crippen molar-refractivity contribution in [1.29, 1.82) is 0 Å². The van der Waals surface area contributed by atoms with Gasteiger partial charge in [-0.15, -0.1) is 0 Å². The lowest BCUT2D eigenvalue weighted by molar-refractivity contribution is -0.142. The maximum absolute atomic E-state index is 13.4. The van der Waals surface area contributed by atoms with Crippen molar-refractivity contribution in [3.05, 3.63) is 53.9 Å². The number of aliphatic carboxylic acids is 1. The highest BCUT2D eigenvalue weighted by Gasteiger charge is 2.44. The number of carboxylic acids is 1. The van der Waals surface area contributed by atoms with E-state index in [9.17, 15) is 19.1 Å². The number of carbonyl (C=O) groups is 2. The molecule has 1 aromatic heterocycles. The molecular formula is C18H20FN3O3. The Bertz CT molecular complexity index is 776. The highest BCUT2D eigenvalue weighted by Crippen LogP contribution is 2.39. The zero-order valence-corrected chi connectivity index (χ0v) is 13.9. The van der Waals surface area contributed by atoms with Gasteiger partial charge in [0.15, 0.2) is 0 Å². The number of carboxylic acid groups (broad SMARTS) is 1. The van der Waals surface area contributed by atoms with E-state index < -0.39 is 17.9 Å². The Morgan fingerprint density at radius 2 is 2.20 bits per heavy atom. The van der Waals surface area contributed by atoms with Gasteiger partial charge >= 0.3 is 5.97 Å². The third kappa shape index (κ3) is 3.55. The maximum atomic E-state index is 13.4. The smallest absolute Gasteiger partial charge is 0.309 e. The third-order valence-electron chi connectivity index (χ3n) is 4.67. The lowest BCUT2D eigenvalue weighted by Gasteiger charge is -2.28. The number of halogens is 1. The van der Waals surface area contributed by atoms with Crippen LogP contribution in [0.15, 0.2) is 36.9 Å². The first kappa shape index (κ1) is 17.1. The molecule has 7 heteroatoms. The van der Waals surface area contributed by atoms with E-state index in [1.165, 1.54) is 12.1 Å². The molecule has 2 unspecified atom stereocenters. The van der Waals surface area contributed by atoms with Gasteiger partial charge in [-0.25, -0.2) is 9.37 Å². The number of hydrogen-bond donors (Lipinski definition) is 1. The van der Waals surface area contributed by atoms with E-state index in [0.717, 1.165) is 0 Å². The SMILES string of the molecule is Cc1cc(F)ccc1C1C(C(=O)O)CC(=O)N1CCCn1ccnc1. The van der Waals surface area contributed by atoms with Gasteiger partial charge in [-0.2, -0.15) is 0 Å². The first-order valence-electron chi connectivity index (χ1n) is 8.21. The van der Waals surface area contributed by atoms with Crippen LogP contribution in [-0.4, -0.2) is 38.0 Å². The van der Waals surface area contributed by atoms with Gasteiger partial charge in [-0.3, -0.25) is 9.59 Å². The number of aryl methyl sites for hydroxylation is 2. The Balaban J connectivity index is 1.82. The normalized spacial score (nSPS) is 20.2. The topological polar surface area (TPSA) is 75.4 Å². The molecule has 1 N–H and O–H groups in total. The standard InChI is InChI=1S/C18H20FN3O3/c1-12-9-13(19)3-4-14(12)17-15(18(24)25)10-16(23)22(17)7-2-6-21-8-5-20-11-21/h3-5,8-9,11,15,17H,2,6-7,10H2,1H3,(H,24,25). The fraction of sp³-hybridized carbons (Fsp3) is 0.389. The zero-order valence-electron chi connectivity index (χ0n) is 13.9. The average Bonchev–Trinajstić information content (AvgIpc) is 3.17. The second-order valence-corrected chi connectivity index (χ2v) is 6.34. The van der Waals surface area contributed by atoms with Crippen LogP contribution in [0.1, 0.15) is 30.0 Å². The van der Waals surface area contributed by atoms with Crippen molar-refractivity contribution in [2.45, 2.75) is 32.4 Å². The predicted molar refractivity (Wildman–Crippen MR) is 88.2 cm³/mol. The maximum Gasteiger partial charge on any atom is 0.309 e. The summed E-state index contributed by atoms with van der Waals surface area (Å²) in [5.74, 6) is -2.36. The number of carbonyl (C=O) groups excluding carboxylic acids is 1. The van der Waals surface area contributed by atoms with Crippen molar-refractivity contribution in [3.63, 3.8) is 0 Å². The number of amides is 1. The molecule has 0 saturated carbocycles. The fourth-order valence-corrected chi connectivity index (χ4v) is 3.47. The van der Waals surface area contributed by atoms with Crippen molar-refractivity contribution in [3.8, 4) is 0 Å². The lowest BCUT2D eigenvalue weighted by atomic mass is 9.91. The predicted octanol–water partition coefficient (Wildman–Crippen LogP) is 2.40. The molecule has 132 valence electrons. The highest BCUT2D eigenvalue weighted by atomic mass is 19.1. The summed E-state index contributed by atoms with van der Waals surface area (Å²) in [5, 5.41) is 9.54. The monoisotopic (exact) mass is 345 g/mol. The second kappa shape index (κ2) is 7.04. The number of likely N-dealkylation sites (tertiary alicyclic amines) is 1. The summed E-state index contributed by atoms with van der Waals surface area (Å²) in [4.78, 5) is 29.7. The lowest BCUT2D eigenvalue weighted by Crippen LogP contribution is -2.32. The molecule has 2 atom stereocenters. The molecule has 2 aromatic rings. The van der Waals surface area contributed by atoms with Crippen LogP contribution in [0.3, 0.4) is 0 Å². The highest BCUT2D eigenvalue weighted by molar-refractivity contribution is 5.87. The second-order valence-electron chi connectivity index (χ2n) is 6.34. The molecule has 0 bridgehead atoms. The summed E-state index contributed by atoms with van der Waals surface area (Å²) in [6.07, 6.45) is 5.89. The van der Waals surface area contributed by atoms with Crippen LogP contribution in [-0.2, 0) is 16.1 Å². The number of aromatic nitrogens is 2. The van der Waals surface area contributed by atoms with Gasteiger partial charge in [0, 0.05) is 31.9 Å². The molecule has 0 spiro atoms. The molecule has 6 nitrogen and oxygen atoms in total. The minimum Gasteiger partial charge on any atom is -0.481 e. The quantitative estimate of drug-likeness (QED) is 0.872. The van der Waals surface area contributed by atoms with E-state index in [1.807, 2.05) is 10.8 Å². The largest absolute Gasteiger partial charge is 0.481 e. The summed E-state index contributed by atoms with van der Waals surface area (Å²) < 4.78 is 15.3. The van der Waals surface area contributed by atoms with Gasteiger partial charge in [0.25, 0.3) is 0 Å². The van der Waals surface area contributed by atoms with Crippen LogP contribution in [0.4, 0.5) is 4.39 Å². The van der Waals surface area contributed by atoms with E-state index in [2.05, 4.69) is 4.98 Å². The van der Waals surface area contributed by atoms with Gasteiger partial charge in [0.05, 0.1) is 18.3 Å². The number of nitrogens with zero attached hydrogens (tertiary/aromatic N) is 3. The Morgan fingerprint density at radius 3 is 2.84 bits per heavy atom. The van der Waals surface area contributed by atoms with Crippen LogP contribution in [0, 0.1) is 18.7 Å². The van der Waals surface area contributed by atoms with E-state index in [0.29, 0.717) is 30.6 Å². The van der Waals surface area contributed by atoms with Gasteiger partial charge in [0.2, 0.25) is 5.91 Å². The molecule has 1 amide bonds. The molecule has 25 heavy (non-hydrogen) atoms.